The van der Waals surface area contributed by atoms with Gasteiger partial charge in [0.25, 0.3) is 5.91 Å². The van der Waals surface area contributed by atoms with Gasteiger partial charge in [-0.1, -0.05) is 18.2 Å². The summed E-state index contributed by atoms with van der Waals surface area (Å²) in [6.07, 6.45) is -10.7. The van der Waals surface area contributed by atoms with E-state index < -0.39 is 40.5 Å². The number of likely N-dealkylation sites (N-methyl/N-ethyl adjacent to an activating group) is 1. The van der Waals surface area contributed by atoms with Gasteiger partial charge >= 0.3 is 12.4 Å². The number of nitrogens with one attached hydrogen (secondary N) is 1. The summed E-state index contributed by atoms with van der Waals surface area (Å²) in [7, 11) is 1.95. The Morgan fingerprint density at radius 1 is 1.15 bits per heavy atom. The molecule has 0 saturated carbocycles. The summed E-state index contributed by atoms with van der Waals surface area (Å²) >= 11 is 0.465. The van der Waals surface area contributed by atoms with Crippen molar-refractivity contribution in [3.05, 3.63) is 51.0 Å². The number of carbonyl (C=O) groups excluding carboxylic acids is 1. The number of nitrogens with zero attached hydrogens (tertiary/aromatic N) is 3. The van der Waals surface area contributed by atoms with Crippen molar-refractivity contribution < 1.29 is 36.2 Å². The number of hydrogen-bond donors (Lipinski definition) is 2. The molecule has 34 heavy (non-hydrogen) atoms. The van der Waals surface area contributed by atoms with E-state index >= 15 is 0 Å². The summed E-state index contributed by atoms with van der Waals surface area (Å²) < 4.78 is 78.9. The van der Waals surface area contributed by atoms with Gasteiger partial charge in [0.15, 0.2) is 5.69 Å². The maximum Gasteiger partial charge on any atom is 0.435 e. The molecule has 13 heteroatoms. The van der Waals surface area contributed by atoms with Crippen LogP contribution < -0.4 is 5.32 Å². The van der Waals surface area contributed by atoms with Crippen LogP contribution >= 0.6 is 11.3 Å². The number of β-amino-alcohol motifs (C(OH)–C–C–N with tert-alkyl or cyclic N) is 1. The van der Waals surface area contributed by atoms with Crippen LogP contribution in [0.3, 0.4) is 0 Å². The Morgan fingerprint density at radius 2 is 1.82 bits per heavy atom. The molecule has 2 heterocycles. The Bertz CT molecular complexity index is 986. The number of halogens is 6. The van der Waals surface area contributed by atoms with E-state index in [1.54, 1.807) is 0 Å². The van der Waals surface area contributed by atoms with E-state index in [0.717, 1.165) is 25.2 Å². The number of thiazole rings is 1. The molecule has 2 aromatic rings. The lowest BCUT2D eigenvalue weighted by molar-refractivity contribution is -0.141. The minimum atomic E-state index is -4.91. The predicted molar refractivity (Wildman–Crippen MR) is 113 cm³/mol. The molecule has 1 amide bonds. The first kappa shape index (κ1) is 26.4. The molecule has 2 N–H and O–H groups in total. The molecule has 188 valence electrons. The number of benzene rings is 1. The van der Waals surface area contributed by atoms with Gasteiger partial charge in [0.1, 0.15) is 16.0 Å². The smallest absolute Gasteiger partial charge is 0.385 e. The van der Waals surface area contributed by atoms with Crippen LogP contribution in [0.1, 0.15) is 37.6 Å². The molecule has 3 rings (SSSR count). The average Bonchev–Trinajstić information content (AvgIpc) is 3.21. The number of aliphatic hydroxyl groups excluding tert-OH is 1. The van der Waals surface area contributed by atoms with Crippen LogP contribution in [0, 0.1) is 0 Å². The zero-order chi connectivity index (χ0) is 25.1. The lowest BCUT2D eigenvalue weighted by Gasteiger charge is -2.33. The number of carbonyl (C=O) groups is 1. The van der Waals surface area contributed by atoms with E-state index in [1.165, 1.54) is 12.1 Å². The van der Waals surface area contributed by atoms with Gasteiger partial charge in [-0.05, 0) is 25.1 Å². The standard InChI is InChI=1S/C21H24F6N4O2S/c1-30-7-9-31(10-8-30)12-15(32)19-29-17(21(25,26)27)16(34-19)18(33)28-6-5-13-3-2-4-14(11-13)20(22,23)24/h2-4,11,15,32H,5-10,12H2,1H3,(H,28,33). The number of alkyl halides is 6. The number of amides is 1. The molecule has 1 aromatic carbocycles. The maximum atomic E-state index is 13.5. The van der Waals surface area contributed by atoms with Crippen LogP contribution in [0.5, 0.6) is 0 Å². The third-order valence-corrected chi connectivity index (χ3v) is 6.54. The zero-order valence-corrected chi connectivity index (χ0v) is 19.0. The van der Waals surface area contributed by atoms with Gasteiger partial charge in [0.2, 0.25) is 0 Å². The molecule has 0 aliphatic carbocycles. The second-order valence-corrected chi connectivity index (χ2v) is 9.08. The normalized spacial score (nSPS) is 17.1. The first-order valence-electron chi connectivity index (χ1n) is 10.5. The van der Waals surface area contributed by atoms with Crippen LogP contribution in [0.2, 0.25) is 0 Å². The number of hydrogen-bond acceptors (Lipinski definition) is 6. The van der Waals surface area contributed by atoms with Crippen molar-refractivity contribution in [2.75, 3.05) is 46.3 Å². The van der Waals surface area contributed by atoms with Gasteiger partial charge < -0.3 is 15.3 Å². The number of piperazine rings is 1. The lowest BCUT2D eigenvalue weighted by Crippen LogP contribution is -2.45. The van der Waals surface area contributed by atoms with E-state index in [9.17, 15) is 36.2 Å². The van der Waals surface area contributed by atoms with Crippen molar-refractivity contribution in [2.24, 2.45) is 0 Å². The van der Waals surface area contributed by atoms with Gasteiger partial charge in [-0.25, -0.2) is 4.98 Å². The average molecular weight is 511 g/mol. The fourth-order valence-electron chi connectivity index (χ4n) is 3.48. The Hall–Kier alpha value is -2.22. The summed E-state index contributed by atoms with van der Waals surface area (Å²) in [5, 5.41) is 12.5. The third kappa shape index (κ3) is 6.90. The van der Waals surface area contributed by atoms with E-state index in [2.05, 4.69) is 15.2 Å². The zero-order valence-electron chi connectivity index (χ0n) is 18.2. The predicted octanol–water partition coefficient (Wildman–Crippen LogP) is 3.43. The Balaban J connectivity index is 1.66. The van der Waals surface area contributed by atoms with Crippen LogP contribution in [-0.2, 0) is 18.8 Å². The molecule has 6 nitrogen and oxygen atoms in total. The van der Waals surface area contributed by atoms with Gasteiger partial charge in [-0.2, -0.15) is 26.3 Å². The first-order chi connectivity index (χ1) is 15.8. The molecule has 0 spiro atoms. The molecule has 1 aliphatic rings. The highest BCUT2D eigenvalue weighted by Gasteiger charge is 2.40. The minimum Gasteiger partial charge on any atom is -0.385 e. The van der Waals surface area contributed by atoms with Crippen molar-refractivity contribution in [3.8, 4) is 0 Å². The lowest BCUT2D eigenvalue weighted by atomic mass is 10.1. The third-order valence-electron chi connectivity index (χ3n) is 5.38. The SMILES string of the molecule is CN1CCN(CC(O)c2nc(C(F)(F)F)c(C(=O)NCCc3cccc(C(F)(F)F)c3)s2)CC1. The van der Waals surface area contributed by atoms with E-state index in [1.807, 2.05) is 11.9 Å². The summed E-state index contributed by atoms with van der Waals surface area (Å²) in [5.41, 5.74) is -1.96. The second-order valence-electron chi connectivity index (χ2n) is 8.05. The number of aromatic nitrogens is 1. The molecule has 0 bridgehead atoms. The quantitative estimate of drug-likeness (QED) is 0.559. The molecule has 1 fully saturated rings. The molecule has 1 saturated heterocycles. The van der Waals surface area contributed by atoms with Crippen molar-refractivity contribution in [2.45, 2.75) is 24.9 Å². The minimum absolute atomic E-state index is 0.00525. The fraction of sp³-hybridized carbons (Fsp3) is 0.524. The maximum absolute atomic E-state index is 13.5. The summed E-state index contributed by atoms with van der Waals surface area (Å²) in [6, 6.07) is 4.48. The van der Waals surface area contributed by atoms with Gasteiger partial charge in [0.05, 0.1) is 5.56 Å². The van der Waals surface area contributed by atoms with Crippen molar-refractivity contribution in [1.82, 2.24) is 20.1 Å². The Labute approximate surface area is 196 Å². The van der Waals surface area contributed by atoms with Crippen molar-refractivity contribution in [3.63, 3.8) is 0 Å². The van der Waals surface area contributed by atoms with Crippen LogP contribution in [0.4, 0.5) is 26.3 Å². The fourth-order valence-corrected chi connectivity index (χ4v) is 4.46. The molecule has 1 unspecified atom stereocenters. The van der Waals surface area contributed by atoms with E-state index in [-0.39, 0.29) is 30.1 Å². The van der Waals surface area contributed by atoms with Crippen LogP contribution in [0.25, 0.3) is 0 Å². The van der Waals surface area contributed by atoms with Crippen molar-refractivity contribution >= 4 is 17.2 Å². The largest absolute Gasteiger partial charge is 0.435 e. The van der Waals surface area contributed by atoms with E-state index in [0.29, 0.717) is 24.4 Å². The van der Waals surface area contributed by atoms with Gasteiger partial charge in [-0.3, -0.25) is 9.69 Å². The monoisotopic (exact) mass is 510 g/mol. The highest BCUT2D eigenvalue weighted by molar-refractivity contribution is 7.13. The second kappa shape index (κ2) is 10.6. The Kier molecular flexibility index (Phi) is 8.22. The molecule has 1 atom stereocenters. The van der Waals surface area contributed by atoms with Gasteiger partial charge in [0, 0.05) is 39.3 Å². The molecule has 1 aromatic heterocycles. The first-order valence-corrected chi connectivity index (χ1v) is 11.3. The molecule has 1 aliphatic heterocycles. The highest BCUT2D eigenvalue weighted by atomic mass is 32.1. The molecule has 0 radical (unpaired) electrons. The Morgan fingerprint density at radius 3 is 2.44 bits per heavy atom. The summed E-state index contributed by atoms with van der Waals surface area (Å²) in [6.45, 7) is 2.74. The number of rotatable bonds is 7. The number of aliphatic hydroxyl groups is 1. The summed E-state index contributed by atoms with van der Waals surface area (Å²) in [4.78, 5) is 19.3. The molecular weight excluding hydrogens is 486 g/mol. The van der Waals surface area contributed by atoms with Crippen LogP contribution in [-0.4, -0.2) is 72.1 Å². The van der Waals surface area contributed by atoms with Crippen molar-refractivity contribution in [1.29, 1.82) is 0 Å². The highest BCUT2D eigenvalue weighted by Crippen LogP contribution is 2.36. The summed E-state index contributed by atoms with van der Waals surface area (Å²) in [5.74, 6) is -1.05. The topological polar surface area (TPSA) is 68.7 Å². The van der Waals surface area contributed by atoms with Gasteiger partial charge in [-0.15, -0.1) is 11.3 Å². The van der Waals surface area contributed by atoms with E-state index in [4.69, 9.17) is 0 Å². The molecular formula is C21H24F6N4O2S. The van der Waals surface area contributed by atoms with Crippen LogP contribution in [0.15, 0.2) is 24.3 Å².